The molecule has 7 heteroatoms. The van der Waals surface area contributed by atoms with Gasteiger partial charge in [-0.1, -0.05) is 42.5 Å². The van der Waals surface area contributed by atoms with Crippen molar-refractivity contribution in [2.24, 2.45) is 0 Å². The molecule has 2 heterocycles. The Bertz CT molecular complexity index is 1360. The Kier molecular flexibility index (Phi) is 7.92. The summed E-state index contributed by atoms with van der Waals surface area (Å²) in [7, 11) is 0. The summed E-state index contributed by atoms with van der Waals surface area (Å²) in [5, 5.41) is 3.80. The van der Waals surface area contributed by atoms with E-state index in [-0.39, 0.29) is 5.91 Å². The Morgan fingerprint density at radius 2 is 1.73 bits per heavy atom. The number of nitrogens with zero attached hydrogens (tertiary/aromatic N) is 2. The van der Waals surface area contributed by atoms with Gasteiger partial charge in [0.25, 0.3) is 0 Å². The number of carbonyl (C=O) groups excluding carboxylic acids is 2. The fraction of sp³-hybridized carbons (Fsp3) is 0.300. The number of fused-ring (bicyclic) bond motifs is 1. The van der Waals surface area contributed by atoms with Gasteiger partial charge in [0.05, 0.1) is 6.26 Å². The number of benzene rings is 2. The van der Waals surface area contributed by atoms with Crippen molar-refractivity contribution in [3.05, 3.63) is 102 Å². The van der Waals surface area contributed by atoms with Crippen LogP contribution in [0.1, 0.15) is 43.0 Å². The molecular weight excluding hydrogens is 466 g/mol. The highest BCUT2D eigenvalue weighted by molar-refractivity contribution is 5.86. The molecule has 0 saturated heterocycles. The van der Waals surface area contributed by atoms with Gasteiger partial charge in [-0.2, -0.15) is 0 Å². The molecule has 0 radical (unpaired) electrons. The Morgan fingerprint density at radius 3 is 2.46 bits per heavy atom. The first-order valence-electron chi connectivity index (χ1n) is 12.4. The molecule has 2 amide bonds. The van der Waals surface area contributed by atoms with E-state index in [1.165, 1.54) is 0 Å². The molecule has 0 bridgehead atoms. The van der Waals surface area contributed by atoms with Crippen LogP contribution in [0.25, 0.3) is 11.0 Å². The SMILES string of the molecule is Cc1cncc(CN(Cc2ccc3occc3c2)C(=O)[C@H](Cc2ccccc2)NC(=O)OC(C)(C)C)c1. The van der Waals surface area contributed by atoms with E-state index in [4.69, 9.17) is 9.15 Å². The van der Waals surface area contributed by atoms with Gasteiger partial charge >= 0.3 is 6.09 Å². The second kappa shape index (κ2) is 11.3. The Hall–Kier alpha value is -4.13. The fourth-order valence-corrected chi connectivity index (χ4v) is 4.19. The molecule has 4 rings (SSSR count). The van der Waals surface area contributed by atoms with Crippen molar-refractivity contribution >= 4 is 23.0 Å². The van der Waals surface area contributed by atoms with Gasteiger partial charge in [-0.25, -0.2) is 4.79 Å². The number of pyridine rings is 1. The van der Waals surface area contributed by atoms with Gasteiger partial charge in [0.2, 0.25) is 5.91 Å². The molecule has 2 aromatic heterocycles. The van der Waals surface area contributed by atoms with Crippen molar-refractivity contribution in [3.63, 3.8) is 0 Å². The predicted molar refractivity (Wildman–Crippen MR) is 143 cm³/mol. The molecule has 2 aromatic carbocycles. The molecule has 0 unspecified atom stereocenters. The van der Waals surface area contributed by atoms with Crippen LogP contribution in [0.5, 0.6) is 0 Å². The van der Waals surface area contributed by atoms with E-state index in [2.05, 4.69) is 10.3 Å². The molecule has 0 fully saturated rings. The third-order valence-corrected chi connectivity index (χ3v) is 5.78. The molecule has 0 aliphatic carbocycles. The number of alkyl carbamates (subject to hydrolysis) is 1. The maximum absolute atomic E-state index is 14.1. The van der Waals surface area contributed by atoms with Gasteiger partial charge in [0, 0.05) is 37.3 Å². The minimum Gasteiger partial charge on any atom is -0.464 e. The second-order valence-electron chi connectivity index (χ2n) is 10.2. The zero-order valence-electron chi connectivity index (χ0n) is 21.7. The number of carbonyl (C=O) groups is 2. The van der Waals surface area contributed by atoms with Crippen LogP contribution in [-0.2, 0) is 29.0 Å². The lowest BCUT2D eigenvalue weighted by Gasteiger charge is -2.29. The number of rotatable bonds is 8. The molecule has 37 heavy (non-hydrogen) atoms. The standard InChI is InChI=1S/C30H33N3O4/c1-21-14-24(18-31-17-21)20-33(19-23-10-11-27-25(15-23)12-13-36-27)28(34)26(16-22-8-6-5-7-9-22)32-29(35)37-30(2,3)4/h5-15,17-18,26H,16,19-20H2,1-4H3,(H,32,35)/t26-/m0/s1. The topological polar surface area (TPSA) is 84.7 Å². The van der Waals surface area contributed by atoms with E-state index in [0.717, 1.165) is 33.2 Å². The number of nitrogens with one attached hydrogen (secondary N) is 1. The molecule has 0 aliphatic rings. The maximum atomic E-state index is 14.1. The third kappa shape index (κ3) is 7.43. The minimum atomic E-state index is -0.812. The number of aromatic nitrogens is 1. The number of hydrogen-bond donors (Lipinski definition) is 1. The van der Waals surface area contributed by atoms with Crippen molar-refractivity contribution in [1.82, 2.24) is 15.2 Å². The van der Waals surface area contributed by atoms with Crippen molar-refractivity contribution in [2.75, 3.05) is 0 Å². The van der Waals surface area contributed by atoms with Gasteiger partial charge in [0.1, 0.15) is 17.2 Å². The van der Waals surface area contributed by atoms with Gasteiger partial charge < -0.3 is 19.4 Å². The Balaban J connectivity index is 1.64. The highest BCUT2D eigenvalue weighted by atomic mass is 16.6. The van der Waals surface area contributed by atoms with Gasteiger partial charge in [-0.3, -0.25) is 9.78 Å². The summed E-state index contributed by atoms with van der Waals surface area (Å²) in [6, 6.07) is 18.6. The van der Waals surface area contributed by atoms with Gasteiger partial charge in [-0.15, -0.1) is 0 Å². The summed E-state index contributed by atoms with van der Waals surface area (Å²) < 4.78 is 11.0. The van der Waals surface area contributed by atoms with Crippen LogP contribution in [0.3, 0.4) is 0 Å². The first kappa shape index (κ1) is 25.9. The van der Waals surface area contributed by atoms with Gasteiger partial charge in [0.15, 0.2) is 0 Å². The Labute approximate surface area is 217 Å². The van der Waals surface area contributed by atoms with E-state index in [0.29, 0.717) is 19.5 Å². The second-order valence-corrected chi connectivity index (χ2v) is 10.2. The van der Waals surface area contributed by atoms with E-state index in [9.17, 15) is 9.59 Å². The molecular formula is C30H33N3O4. The summed E-state index contributed by atoms with van der Waals surface area (Å²) >= 11 is 0. The summed E-state index contributed by atoms with van der Waals surface area (Å²) in [4.78, 5) is 32.9. The maximum Gasteiger partial charge on any atom is 0.408 e. The average molecular weight is 500 g/mol. The zero-order valence-corrected chi connectivity index (χ0v) is 21.7. The quantitative estimate of drug-likeness (QED) is 0.331. The van der Waals surface area contributed by atoms with Crippen molar-refractivity contribution in [3.8, 4) is 0 Å². The molecule has 192 valence electrons. The number of furan rings is 1. The van der Waals surface area contributed by atoms with Crippen LogP contribution in [-0.4, -0.2) is 33.5 Å². The Morgan fingerprint density at radius 1 is 0.973 bits per heavy atom. The number of ether oxygens (including phenoxy) is 1. The van der Waals surface area contributed by atoms with Crippen LogP contribution in [0.15, 0.2) is 83.7 Å². The average Bonchev–Trinajstić information content (AvgIpc) is 3.30. The monoisotopic (exact) mass is 499 g/mol. The lowest BCUT2D eigenvalue weighted by molar-refractivity contribution is -0.134. The smallest absolute Gasteiger partial charge is 0.408 e. The number of amides is 2. The number of aryl methyl sites for hydroxylation is 1. The molecule has 1 N–H and O–H groups in total. The zero-order chi connectivity index (χ0) is 26.4. The van der Waals surface area contributed by atoms with Crippen LogP contribution < -0.4 is 5.32 Å². The molecule has 1 atom stereocenters. The lowest BCUT2D eigenvalue weighted by atomic mass is 10.0. The summed E-state index contributed by atoms with van der Waals surface area (Å²) in [5.74, 6) is -0.205. The van der Waals surface area contributed by atoms with Crippen molar-refractivity contribution < 1.29 is 18.7 Å². The molecule has 7 nitrogen and oxygen atoms in total. The molecule has 0 saturated carbocycles. The summed E-state index contributed by atoms with van der Waals surface area (Å²) in [6.45, 7) is 8.06. The van der Waals surface area contributed by atoms with Crippen LogP contribution in [0.4, 0.5) is 4.79 Å². The number of hydrogen-bond acceptors (Lipinski definition) is 5. The van der Waals surface area contributed by atoms with Crippen LogP contribution in [0, 0.1) is 6.92 Å². The minimum absolute atomic E-state index is 0.205. The van der Waals surface area contributed by atoms with E-state index in [1.54, 1.807) is 44.3 Å². The largest absolute Gasteiger partial charge is 0.464 e. The fourth-order valence-electron chi connectivity index (χ4n) is 4.19. The molecule has 0 aliphatic heterocycles. The summed E-state index contributed by atoms with van der Waals surface area (Å²) in [6.07, 6.45) is 4.91. The van der Waals surface area contributed by atoms with Crippen LogP contribution >= 0.6 is 0 Å². The lowest BCUT2D eigenvalue weighted by Crippen LogP contribution is -2.50. The van der Waals surface area contributed by atoms with Gasteiger partial charge in [-0.05, 0) is 68.1 Å². The third-order valence-electron chi connectivity index (χ3n) is 5.78. The molecule has 4 aromatic rings. The highest BCUT2D eigenvalue weighted by Crippen LogP contribution is 2.20. The van der Waals surface area contributed by atoms with E-state index in [1.807, 2.05) is 67.6 Å². The molecule has 0 spiro atoms. The first-order valence-corrected chi connectivity index (χ1v) is 12.4. The van der Waals surface area contributed by atoms with E-state index < -0.39 is 17.7 Å². The normalized spacial score (nSPS) is 12.2. The van der Waals surface area contributed by atoms with Crippen molar-refractivity contribution in [2.45, 2.75) is 58.8 Å². The highest BCUT2D eigenvalue weighted by Gasteiger charge is 2.29. The summed E-state index contributed by atoms with van der Waals surface area (Å²) in [5.41, 5.74) is 3.92. The predicted octanol–water partition coefficient (Wildman–Crippen LogP) is 5.80. The van der Waals surface area contributed by atoms with E-state index >= 15 is 0 Å². The van der Waals surface area contributed by atoms with Crippen LogP contribution in [0.2, 0.25) is 0 Å². The first-order chi connectivity index (χ1) is 17.7. The van der Waals surface area contributed by atoms with Crippen molar-refractivity contribution in [1.29, 1.82) is 0 Å².